The van der Waals surface area contributed by atoms with Crippen LogP contribution < -0.4 is 26.5 Å². The fraction of sp³-hybridized carbons (Fsp3) is 0.308. The number of hydrogen-bond donors (Lipinski definition) is 5. The Labute approximate surface area is 288 Å². The molecule has 0 atom stereocenters. The summed E-state index contributed by atoms with van der Waals surface area (Å²) in [4.78, 5) is 14.6. The Balaban J connectivity index is 1.35. The van der Waals surface area contributed by atoms with Crippen molar-refractivity contribution in [1.29, 1.82) is 0 Å². The number of benzene rings is 1. The second-order valence-corrected chi connectivity index (χ2v) is 12.8. The number of aromatic amines is 2. The van der Waals surface area contributed by atoms with E-state index in [1.807, 2.05) is 51.4 Å². The van der Waals surface area contributed by atoms with Gasteiger partial charge in [-0.3, -0.25) is 5.10 Å². The van der Waals surface area contributed by atoms with Gasteiger partial charge in [0.05, 0.1) is 10.9 Å². The standard InChI is InChI=1S/C39H48FN9/c1-8-29(22-32(9-2)44-26(4)20-28-12-15-41-16-13-28)25(3)10-11-35-27(5)36(48-47-35)39-45-37-34(14-17-43-38(37)46-39)30-21-31(40)24-33(23-30)42-18-19-49(6)7/h8-11,14,17,21-24,28,41-42,44,47H,2,4-5,12-13,15-16,18-20H2,1,3,6-7H3,(H,43,45,46)/b25-10+,29-8+,32-22+,35-11+. The van der Waals surface area contributed by atoms with Gasteiger partial charge in [0.1, 0.15) is 11.5 Å². The van der Waals surface area contributed by atoms with E-state index < -0.39 is 0 Å². The Morgan fingerprint density at radius 1 is 1.18 bits per heavy atom. The fourth-order valence-corrected chi connectivity index (χ4v) is 5.98. The maximum absolute atomic E-state index is 14.7. The van der Waals surface area contributed by atoms with Crippen molar-refractivity contribution < 1.29 is 4.39 Å². The smallest absolute Gasteiger partial charge is 0.178 e. The highest BCUT2D eigenvalue weighted by Gasteiger charge is 2.16. The molecule has 0 amide bonds. The molecular weight excluding hydrogens is 613 g/mol. The summed E-state index contributed by atoms with van der Waals surface area (Å²) in [7, 11) is 4.01. The van der Waals surface area contributed by atoms with Gasteiger partial charge >= 0.3 is 0 Å². The Morgan fingerprint density at radius 2 is 1.98 bits per heavy atom. The molecule has 0 aliphatic carbocycles. The second kappa shape index (κ2) is 16.4. The van der Waals surface area contributed by atoms with Gasteiger partial charge in [-0.05, 0) is 125 Å². The molecule has 9 nitrogen and oxygen atoms in total. The molecule has 10 heteroatoms. The van der Waals surface area contributed by atoms with E-state index in [1.165, 1.54) is 25.0 Å². The van der Waals surface area contributed by atoms with Gasteiger partial charge in [-0.15, -0.1) is 0 Å². The first-order valence-electron chi connectivity index (χ1n) is 16.8. The van der Waals surface area contributed by atoms with Crippen molar-refractivity contribution >= 4 is 29.5 Å². The number of H-pyrrole nitrogens is 2. The van der Waals surface area contributed by atoms with E-state index >= 15 is 0 Å². The lowest BCUT2D eigenvalue weighted by Gasteiger charge is -2.24. The van der Waals surface area contributed by atoms with E-state index in [1.54, 1.807) is 6.20 Å². The van der Waals surface area contributed by atoms with Gasteiger partial charge < -0.3 is 25.8 Å². The van der Waals surface area contributed by atoms with Gasteiger partial charge in [0.2, 0.25) is 0 Å². The Kier molecular flexibility index (Phi) is 11.8. The maximum Gasteiger partial charge on any atom is 0.178 e. The minimum Gasteiger partial charge on any atom is -0.384 e. The zero-order chi connectivity index (χ0) is 34.9. The van der Waals surface area contributed by atoms with Crippen molar-refractivity contribution in [3.8, 4) is 22.6 Å². The predicted octanol–water partition coefficient (Wildman–Crippen LogP) is 5.77. The lowest BCUT2D eigenvalue weighted by molar-refractivity contribution is 0.368. The monoisotopic (exact) mass is 661 g/mol. The Morgan fingerprint density at radius 3 is 2.71 bits per heavy atom. The van der Waals surface area contributed by atoms with E-state index in [0.717, 1.165) is 65.1 Å². The van der Waals surface area contributed by atoms with E-state index in [-0.39, 0.29) is 5.82 Å². The lowest BCUT2D eigenvalue weighted by atomic mass is 9.93. The van der Waals surface area contributed by atoms with Crippen LogP contribution >= 0.6 is 0 Å². The summed E-state index contributed by atoms with van der Waals surface area (Å²) >= 11 is 0. The normalized spacial score (nSPS) is 15.3. The van der Waals surface area contributed by atoms with Crippen LogP contribution in [0.3, 0.4) is 0 Å². The minimum atomic E-state index is -0.322. The molecule has 1 fully saturated rings. The molecule has 0 spiro atoms. The summed E-state index contributed by atoms with van der Waals surface area (Å²) in [6.07, 6.45) is 15.0. The molecule has 0 unspecified atom stereocenters. The number of pyridine rings is 1. The highest BCUT2D eigenvalue weighted by molar-refractivity contribution is 5.92. The maximum atomic E-state index is 14.7. The van der Waals surface area contributed by atoms with Crippen molar-refractivity contribution in [3.63, 3.8) is 0 Å². The molecule has 1 saturated heterocycles. The molecule has 0 saturated carbocycles. The number of rotatable bonds is 14. The molecule has 0 bridgehead atoms. The van der Waals surface area contributed by atoms with Crippen LogP contribution in [-0.4, -0.2) is 70.3 Å². The largest absolute Gasteiger partial charge is 0.384 e. The summed E-state index contributed by atoms with van der Waals surface area (Å²) in [5.74, 6) is 0.860. The molecule has 256 valence electrons. The number of aromatic nitrogens is 5. The van der Waals surface area contributed by atoms with Crippen molar-refractivity contribution in [2.24, 2.45) is 5.92 Å². The van der Waals surface area contributed by atoms with Gasteiger partial charge in [0.15, 0.2) is 11.5 Å². The number of hydrogen-bond acceptors (Lipinski definition) is 7. The number of fused-ring (bicyclic) bond motifs is 1. The van der Waals surface area contributed by atoms with Crippen molar-refractivity contribution in [2.45, 2.75) is 33.1 Å². The third-order valence-corrected chi connectivity index (χ3v) is 8.72. The third-order valence-electron chi connectivity index (χ3n) is 8.72. The molecule has 49 heavy (non-hydrogen) atoms. The average Bonchev–Trinajstić information content (AvgIpc) is 3.68. The summed E-state index contributed by atoms with van der Waals surface area (Å²) in [6.45, 7) is 20.3. The van der Waals surface area contributed by atoms with Crippen LogP contribution in [0.2, 0.25) is 0 Å². The van der Waals surface area contributed by atoms with Crippen LogP contribution in [0, 0.1) is 11.7 Å². The van der Waals surface area contributed by atoms with Gasteiger partial charge in [-0.25, -0.2) is 14.4 Å². The predicted molar refractivity (Wildman–Crippen MR) is 201 cm³/mol. The highest BCUT2D eigenvalue weighted by Crippen LogP contribution is 2.30. The second-order valence-electron chi connectivity index (χ2n) is 12.8. The first-order chi connectivity index (χ1) is 23.6. The number of nitrogens with zero attached hydrogens (tertiary/aromatic N) is 4. The van der Waals surface area contributed by atoms with E-state index in [4.69, 9.17) is 4.98 Å². The zero-order valence-electron chi connectivity index (χ0n) is 29.1. The van der Waals surface area contributed by atoms with Crippen molar-refractivity contribution in [2.75, 3.05) is 45.6 Å². The van der Waals surface area contributed by atoms with Crippen LogP contribution in [0.1, 0.15) is 33.1 Å². The summed E-state index contributed by atoms with van der Waals surface area (Å²) in [6, 6.07) is 6.81. The summed E-state index contributed by atoms with van der Waals surface area (Å²) in [5, 5.41) is 19.3. The average molecular weight is 662 g/mol. The molecule has 0 radical (unpaired) electrons. The number of imidazole rings is 1. The summed E-state index contributed by atoms with van der Waals surface area (Å²) < 4.78 is 14.7. The number of allylic oxidation sites excluding steroid dienone is 7. The van der Waals surface area contributed by atoms with Gasteiger partial charge in [0.25, 0.3) is 0 Å². The van der Waals surface area contributed by atoms with Crippen molar-refractivity contribution in [1.82, 2.24) is 40.7 Å². The fourth-order valence-electron chi connectivity index (χ4n) is 5.98. The Bertz CT molecular complexity index is 2000. The van der Waals surface area contributed by atoms with E-state index in [2.05, 4.69) is 79.8 Å². The van der Waals surface area contributed by atoms with Crippen LogP contribution in [0.15, 0.2) is 90.5 Å². The lowest BCUT2D eigenvalue weighted by Crippen LogP contribution is -2.28. The minimum absolute atomic E-state index is 0.322. The topological polar surface area (TPSA) is 110 Å². The zero-order valence-corrected chi connectivity index (χ0v) is 29.1. The molecule has 5 N–H and O–H groups in total. The first-order valence-corrected chi connectivity index (χ1v) is 16.8. The molecule has 1 aliphatic heterocycles. The van der Waals surface area contributed by atoms with Gasteiger partial charge in [-0.2, -0.15) is 5.10 Å². The SMILES string of the molecule is C=C\C(=C/C(=C\C)C(/C)=C/C=c1/[nH]nc(-c2nc3nccc(-c4cc(F)cc(NCCN(C)C)c4)c3[nH]2)c1=C)NC(=C)CC1CCNCC1. The molecule has 1 aliphatic rings. The molecule has 4 aromatic rings. The van der Waals surface area contributed by atoms with Crippen molar-refractivity contribution in [3.05, 3.63) is 107 Å². The van der Waals surface area contributed by atoms with E-state index in [0.29, 0.717) is 46.1 Å². The number of piperidine rings is 1. The molecular formula is C39H48FN9. The van der Waals surface area contributed by atoms with Crippen LogP contribution in [0.4, 0.5) is 10.1 Å². The first kappa shape index (κ1) is 35.3. The quantitative estimate of drug-likeness (QED) is 0.109. The van der Waals surface area contributed by atoms with Gasteiger partial charge in [-0.1, -0.05) is 31.9 Å². The molecule has 1 aromatic carbocycles. The van der Waals surface area contributed by atoms with Crippen LogP contribution in [0.5, 0.6) is 0 Å². The summed E-state index contributed by atoms with van der Waals surface area (Å²) in [5.41, 5.74) is 8.06. The number of halogens is 1. The van der Waals surface area contributed by atoms with Crippen LogP contribution in [-0.2, 0) is 0 Å². The van der Waals surface area contributed by atoms with Crippen LogP contribution in [0.25, 0.3) is 46.5 Å². The number of anilines is 1. The van der Waals surface area contributed by atoms with E-state index in [9.17, 15) is 4.39 Å². The third kappa shape index (κ3) is 9.10. The molecule has 5 rings (SSSR count). The number of likely N-dealkylation sites (N-methyl/N-ethyl adjacent to an activating group) is 1. The van der Waals surface area contributed by atoms with Gasteiger partial charge in [0, 0.05) is 47.1 Å². The Hall–Kier alpha value is -5.06. The molecule has 4 heterocycles. The number of nitrogens with one attached hydrogen (secondary N) is 5. The highest BCUT2D eigenvalue weighted by atomic mass is 19.1. The molecule has 3 aromatic heterocycles.